The van der Waals surface area contributed by atoms with Crippen LogP contribution in [0.5, 0.6) is 0 Å². The molecule has 0 spiro atoms. The molecule has 1 fully saturated rings. The Morgan fingerprint density at radius 3 is 2.43 bits per heavy atom. The maximum absolute atomic E-state index is 11.6. The lowest BCUT2D eigenvalue weighted by molar-refractivity contribution is -0.145. The number of nitrogens with one attached hydrogen (secondary N) is 1. The smallest absolute Gasteiger partial charge is 0.249 e. The van der Waals surface area contributed by atoms with Gasteiger partial charge in [0.25, 0.3) is 0 Å². The van der Waals surface area contributed by atoms with E-state index in [1.165, 1.54) is 0 Å². The van der Waals surface area contributed by atoms with E-state index >= 15 is 0 Å². The third-order valence-corrected chi connectivity index (χ3v) is 2.59. The number of amides is 1. The monoisotopic (exact) mass is 192 g/mol. The molecule has 1 aromatic rings. The molecule has 3 N–H and O–H groups in total. The van der Waals surface area contributed by atoms with Crippen molar-refractivity contribution in [2.24, 2.45) is 5.84 Å². The number of hydrogen-bond acceptors (Lipinski definition) is 3. The molecule has 74 valence electrons. The summed E-state index contributed by atoms with van der Waals surface area (Å²) in [5.41, 5.74) is 2.57. The number of rotatable bonds is 2. The zero-order valence-electron chi connectivity index (χ0n) is 7.69. The van der Waals surface area contributed by atoms with Gasteiger partial charge in [-0.25, -0.2) is 5.84 Å². The lowest BCUT2D eigenvalue weighted by Crippen LogP contribution is -2.59. The fourth-order valence-electron chi connectivity index (χ4n) is 1.63. The third-order valence-electron chi connectivity index (χ3n) is 2.59. The van der Waals surface area contributed by atoms with E-state index in [0.717, 1.165) is 5.56 Å². The fourth-order valence-corrected chi connectivity index (χ4v) is 1.63. The van der Waals surface area contributed by atoms with Crippen LogP contribution in [-0.4, -0.2) is 19.1 Å². The molecule has 4 nitrogen and oxygen atoms in total. The average Bonchev–Trinajstić information content (AvgIpc) is 2.17. The number of nitrogens with two attached hydrogens (primary N) is 1. The topological polar surface area (TPSA) is 64.3 Å². The van der Waals surface area contributed by atoms with Crippen LogP contribution in [0.25, 0.3) is 0 Å². The fraction of sp³-hybridized carbons (Fsp3) is 0.300. The zero-order chi connectivity index (χ0) is 10.0. The molecule has 1 amide bonds. The van der Waals surface area contributed by atoms with Crippen LogP contribution in [-0.2, 0) is 14.9 Å². The second-order valence-electron chi connectivity index (χ2n) is 3.41. The minimum absolute atomic E-state index is 0.185. The number of hydrogen-bond donors (Lipinski definition) is 2. The zero-order valence-corrected chi connectivity index (χ0v) is 7.69. The minimum Gasteiger partial charge on any atom is -0.378 e. The molecule has 0 bridgehead atoms. The number of hydrazine groups is 1. The SMILES string of the molecule is NNC(=O)C1(c2ccccc2)COC1. The van der Waals surface area contributed by atoms with Gasteiger partial charge in [-0.1, -0.05) is 30.3 Å². The largest absolute Gasteiger partial charge is 0.378 e. The second-order valence-corrected chi connectivity index (χ2v) is 3.41. The van der Waals surface area contributed by atoms with E-state index in [2.05, 4.69) is 5.43 Å². The molecule has 1 aliphatic heterocycles. The molecule has 2 rings (SSSR count). The van der Waals surface area contributed by atoms with E-state index in [9.17, 15) is 4.79 Å². The molecule has 1 heterocycles. The van der Waals surface area contributed by atoms with E-state index in [-0.39, 0.29) is 5.91 Å². The van der Waals surface area contributed by atoms with Crippen molar-refractivity contribution in [1.82, 2.24) is 5.43 Å². The summed E-state index contributed by atoms with van der Waals surface area (Å²) in [4.78, 5) is 11.6. The van der Waals surface area contributed by atoms with Gasteiger partial charge in [-0.2, -0.15) is 0 Å². The van der Waals surface area contributed by atoms with Crippen molar-refractivity contribution in [3.05, 3.63) is 35.9 Å². The van der Waals surface area contributed by atoms with Gasteiger partial charge in [-0.05, 0) is 5.56 Å². The third kappa shape index (κ3) is 1.20. The summed E-state index contributed by atoms with van der Waals surface area (Å²) in [5.74, 6) is 4.96. The molecular weight excluding hydrogens is 180 g/mol. The first-order valence-corrected chi connectivity index (χ1v) is 4.44. The molecule has 0 saturated carbocycles. The number of ether oxygens (including phenoxy) is 1. The highest BCUT2D eigenvalue weighted by Gasteiger charge is 2.47. The van der Waals surface area contributed by atoms with Gasteiger partial charge in [0.2, 0.25) is 5.91 Å². The van der Waals surface area contributed by atoms with Crippen molar-refractivity contribution in [2.45, 2.75) is 5.41 Å². The molecular formula is C10H12N2O2. The summed E-state index contributed by atoms with van der Waals surface area (Å²) in [6.07, 6.45) is 0. The Hall–Kier alpha value is -1.39. The van der Waals surface area contributed by atoms with Crippen molar-refractivity contribution in [1.29, 1.82) is 0 Å². The predicted octanol–water partition coefficient (Wildman–Crippen LogP) is -0.0555. The van der Waals surface area contributed by atoms with Crippen LogP contribution in [0.3, 0.4) is 0 Å². The summed E-state index contributed by atoms with van der Waals surface area (Å²) in [5, 5.41) is 0. The Kier molecular flexibility index (Phi) is 2.23. The molecule has 0 aliphatic carbocycles. The molecule has 0 atom stereocenters. The lowest BCUT2D eigenvalue weighted by Gasteiger charge is -2.39. The Bertz CT molecular complexity index is 333. The van der Waals surface area contributed by atoms with Gasteiger partial charge >= 0.3 is 0 Å². The van der Waals surface area contributed by atoms with Crippen LogP contribution in [0.2, 0.25) is 0 Å². The molecule has 0 radical (unpaired) electrons. The number of carbonyl (C=O) groups is 1. The van der Waals surface area contributed by atoms with Crippen molar-refractivity contribution in [3.63, 3.8) is 0 Å². The quantitative estimate of drug-likeness (QED) is 0.392. The molecule has 1 aromatic carbocycles. The molecule has 0 aromatic heterocycles. The number of benzene rings is 1. The van der Waals surface area contributed by atoms with Gasteiger partial charge in [0.15, 0.2) is 0 Å². The highest BCUT2D eigenvalue weighted by molar-refractivity contribution is 5.89. The van der Waals surface area contributed by atoms with E-state index in [0.29, 0.717) is 13.2 Å². The molecule has 14 heavy (non-hydrogen) atoms. The maximum Gasteiger partial charge on any atom is 0.249 e. The lowest BCUT2D eigenvalue weighted by atomic mass is 9.78. The average molecular weight is 192 g/mol. The van der Waals surface area contributed by atoms with E-state index < -0.39 is 5.41 Å². The van der Waals surface area contributed by atoms with Crippen LogP contribution in [0.15, 0.2) is 30.3 Å². The predicted molar refractivity (Wildman–Crippen MR) is 51.3 cm³/mol. The first kappa shape index (κ1) is 9.18. The Morgan fingerprint density at radius 2 is 2.00 bits per heavy atom. The Balaban J connectivity index is 2.34. The highest BCUT2D eigenvalue weighted by Crippen LogP contribution is 2.32. The van der Waals surface area contributed by atoms with Crippen LogP contribution in [0.4, 0.5) is 0 Å². The molecule has 0 unspecified atom stereocenters. The summed E-state index contributed by atoms with van der Waals surface area (Å²) in [6.45, 7) is 0.806. The summed E-state index contributed by atoms with van der Waals surface area (Å²) < 4.78 is 5.10. The van der Waals surface area contributed by atoms with Crippen LogP contribution in [0, 0.1) is 0 Å². The Morgan fingerprint density at radius 1 is 1.36 bits per heavy atom. The van der Waals surface area contributed by atoms with Crippen molar-refractivity contribution in [2.75, 3.05) is 13.2 Å². The second kappa shape index (κ2) is 3.40. The molecule has 1 saturated heterocycles. The van der Waals surface area contributed by atoms with Gasteiger partial charge in [0.1, 0.15) is 5.41 Å². The van der Waals surface area contributed by atoms with E-state index in [1.807, 2.05) is 30.3 Å². The first-order valence-electron chi connectivity index (χ1n) is 4.44. The normalized spacial score (nSPS) is 18.4. The standard InChI is InChI=1S/C10H12N2O2/c11-12-9(13)10(6-14-7-10)8-4-2-1-3-5-8/h1-5H,6-7,11H2,(H,12,13). The Labute approximate surface area is 82.0 Å². The van der Waals surface area contributed by atoms with E-state index in [1.54, 1.807) is 0 Å². The molecule has 1 aliphatic rings. The molecule has 4 heteroatoms. The highest BCUT2D eigenvalue weighted by atomic mass is 16.5. The van der Waals surface area contributed by atoms with Gasteiger partial charge < -0.3 is 4.74 Å². The van der Waals surface area contributed by atoms with Crippen LogP contribution < -0.4 is 11.3 Å². The van der Waals surface area contributed by atoms with Gasteiger partial charge in [-0.3, -0.25) is 10.2 Å². The first-order chi connectivity index (χ1) is 6.79. The van der Waals surface area contributed by atoms with Crippen molar-refractivity contribution in [3.8, 4) is 0 Å². The van der Waals surface area contributed by atoms with Gasteiger partial charge in [0, 0.05) is 0 Å². The summed E-state index contributed by atoms with van der Waals surface area (Å²) in [6, 6.07) is 9.55. The van der Waals surface area contributed by atoms with Gasteiger partial charge in [-0.15, -0.1) is 0 Å². The van der Waals surface area contributed by atoms with Crippen LogP contribution >= 0.6 is 0 Å². The maximum atomic E-state index is 11.6. The number of carbonyl (C=O) groups excluding carboxylic acids is 1. The van der Waals surface area contributed by atoms with Crippen LogP contribution in [0.1, 0.15) is 5.56 Å². The van der Waals surface area contributed by atoms with Crippen molar-refractivity contribution < 1.29 is 9.53 Å². The van der Waals surface area contributed by atoms with E-state index in [4.69, 9.17) is 10.6 Å². The van der Waals surface area contributed by atoms with Gasteiger partial charge in [0.05, 0.1) is 13.2 Å². The minimum atomic E-state index is -0.573. The summed E-state index contributed by atoms with van der Waals surface area (Å²) in [7, 11) is 0. The van der Waals surface area contributed by atoms with Crippen molar-refractivity contribution >= 4 is 5.91 Å². The summed E-state index contributed by atoms with van der Waals surface area (Å²) >= 11 is 0.